The number of likely N-dealkylation sites (tertiary alicyclic amines) is 1. The van der Waals surface area contributed by atoms with Gasteiger partial charge in [0.25, 0.3) is 0 Å². The molecule has 38 heavy (non-hydrogen) atoms. The van der Waals surface area contributed by atoms with E-state index in [2.05, 4.69) is 42.0 Å². The molecule has 1 N–H and O–H groups in total. The van der Waals surface area contributed by atoms with Gasteiger partial charge in [0.2, 0.25) is 17.7 Å². The summed E-state index contributed by atoms with van der Waals surface area (Å²) in [5.41, 5.74) is 1.27. The lowest BCUT2D eigenvalue weighted by Crippen LogP contribution is -2.49. The zero-order valence-electron chi connectivity index (χ0n) is 23.6. The smallest absolute Gasteiger partial charge is 0.223 e. The number of carbonyl (C=O) groups is 3. The topological polar surface area (TPSA) is 85.8 Å². The molecular weight excluding hydrogens is 478 g/mol. The zero-order valence-corrected chi connectivity index (χ0v) is 23.6. The van der Waals surface area contributed by atoms with E-state index in [1.54, 1.807) is 6.92 Å². The second-order valence-electron chi connectivity index (χ2n) is 11.7. The van der Waals surface area contributed by atoms with Crippen molar-refractivity contribution in [2.24, 2.45) is 29.6 Å². The first kappa shape index (κ1) is 28.1. The number of hydrogen-bond donors (Lipinski definition) is 1. The van der Waals surface area contributed by atoms with Crippen LogP contribution in [0.15, 0.2) is 36.0 Å². The molecule has 3 heterocycles. The second kappa shape index (κ2) is 12.8. The summed E-state index contributed by atoms with van der Waals surface area (Å²) in [6.07, 6.45) is 7.15. The van der Waals surface area contributed by atoms with Crippen LogP contribution in [-0.2, 0) is 14.4 Å². The van der Waals surface area contributed by atoms with Gasteiger partial charge in [-0.1, -0.05) is 31.6 Å². The number of anilines is 1. The fourth-order valence-electron chi connectivity index (χ4n) is 6.39. The predicted molar refractivity (Wildman–Crippen MR) is 149 cm³/mol. The largest absolute Gasteiger partial charge is 0.355 e. The summed E-state index contributed by atoms with van der Waals surface area (Å²) >= 11 is 0. The van der Waals surface area contributed by atoms with Gasteiger partial charge >= 0.3 is 0 Å². The quantitative estimate of drug-likeness (QED) is 0.554. The summed E-state index contributed by atoms with van der Waals surface area (Å²) in [5.74, 6) is 2.85. The van der Waals surface area contributed by atoms with E-state index in [0.717, 1.165) is 51.3 Å². The molecule has 0 bridgehead atoms. The second-order valence-corrected chi connectivity index (χ2v) is 11.7. The van der Waals surface area contributed by atoms with Crippen molar-refractivity contribution in [2.75, 3.05) is 50.7 Å². The Hall–Kier alpha value is -2.90. The molecule has 8 nitrogen and oxygen atoms in total. The minimum absolute atomic E-state index is 0.0136. The maximum atomic E-state index is 13.3. The minimum Gasteiger partial charge on any atom is -0.355 e. The van der Waals surface area contributed by atoms with Crippen molar-refractivity contribution in [1.29, 1.82) is 0 Å². The van der Waals surface area contributed by atoms with Gasteiger partial charge in [-0.15, -0.1) is 0 Å². The highest BCUT2D eigenvalue weighted by Gasteiger charge is 2.34. The average molecular weight is 524 g/mol. The van der Waals surface area contributed by atoms with E-state index in [1.807, 2.05) is 34.2 Å². The number of nitrogens with zero attached hydrogens (tertiary/aromatic N) is 4. The molecule has 0 aromatic carbocycles. The Morgan fingerprint density at radius 3 is 2.34 bits per heavy atom. The van der Waals surface area contributed by atoms with Crippen molar-refractivity contribution >= 4 is 23.5 Å². The van der Waals surface area contributed by atoms with Gasteiger partial charge in [-0.3, -0.25) is 14.4 Å². The molecule has 3 aliphatic rings. The molecule has 1 aromatic heterocycles. The van der Waals surface area contributed by atoms with Crippen molar-refractivity contribution in [1.82, 2.24) is 20.1 Å². The number of nitrogens with one attached hydrogen (secondary N) is 1. The van der Waals surface area contributed by atoms with Crippen LogP contribution in [0.1, 0.15) is 53.4 Å². The van der Waals surface area contributed by atoms with Gasteiger partial charge in [-0.2, -0.15) is 0 Å². The van der Waals surface area contributed by atoms with Gasteiger partial charge in [0.1, 0.15) is 5.82 Å². The molecule has 0 radical (unpaired) electrons. The van der Waals surface area contributed by atoms with E-state index in [4.69, 9.17) is 0 Å². The minimum atomic E-state index is -0.0136. The third-order valence-electron chi connectivity index (χ3n) is 8.93. The number of carbonyl (C=O) groups excluding carboxylic acids is 3. The fourth-order valence-corrected chi connectivity index (χ4v) is 6.39. The van der Waals surface area contributed by atoms with Crippen LogP contribution >= 0.6 is 0 Å². The van der Waals surface area contributed by atoms with Crippen LogP contribution in [0.5, 0.6) is 0 Å². The van der Waals surface area contributed by atoms with Crippen LogP contribution in [0.2, 0.25) is 0 Å². The summed E-state index contributed by atoms with van der Waals surface area (Å²) in [6.45, 7) is 13.3. The highest BCUT2D eigenvalue weighted by atomic mass is 16.2. The zero-order chi connectivity index (χ0) is 27.2. The lowest BCUT2D eigenvalue weighted by Gasteiger charge is -2.39. The first-order valence-corrected chi connectivity index (χ1v) is 14.4. The Balaban J connectivity index is 1.28. The fraction of sp³-hybridized carbons (Fsp3) is 0.667. The van der Waals surface area contributed by atoms with E-state index >= 15 is 0 Å². The molecule has 0 spiro atoms. The monoisotopic (exact) mass is 523 g/mol. The first-order chi connectivity index (χ1) is 18.2. The standard InChI is InChI=1S/C30H45N5O3/c1-21(2)27-18-25(19-29(37)35-15-13-34(14-16-35)28-7-5-6-10-31-28)22(3)17-26(27)20-32-30(38)24-8-11-33(12-9-24)23(4)36/h5-7,10,17,21,24-27H,8-9,11-16,18-20H2,1-4H3,(H,32,38)/t25-,26-,27-/m0/s1. The summed E-state index contributed by atoms with van der Waals surface area (Å²) < 4.78 is 0. The number of hydrogen-bond acceptors (Lipinski definition) is 5. The number of aromatic nitrogens is 1. The molecule has 1 aromatic rings. The van der Waals surface area contributed by atoms with Gasteiger partial charge in [0, 0.05) is 71.3 Å². The number of piperazine rings is 1. The maximum absolute atomic E-state index is 13.3. The van der Waals surface area contributed by atoms with Gasteiger partial charge in [-0.25, -0.2) is 4.98 Å². The molecule has 3 atom stereocenters. The number of allylic oxidation sites excluding steroid dienone is 1. The molecule has 4 rings (SSSR count). The molecular formula is C30H45N5O3. The third kappa shape index (κ3) is 6.94. The van der Waals surface area contributed by atoms with Crippen molar-refractivity contribution < 1.29 is 14.4 Å². The summed E-state index contributed by atoms with van der Waals surface area (Å²) in [6, 6.07) is 5.95. The van der Waals surface area contributed by atoms with Gasteiger partial charge < -0.3 is 20.0 Å². The molecule has 0 unspecified atom stereocenters. The highest BCUT2D eigenvalue weighted by molar-refractivity contribution is 5.79. The molecule has 3 amide bonds. The number of rotatable bonds is 7. The lowest BCUT2D eigenvalue weighted by molar-refractivity contribution is -0.134. The molecule has 0 saturated carbocycles. The number of pyridine rings is 1. The van der Waals surface area contributed by atoms with E-state index < -0.39 is 0 Å². The van der Waals surface area contributed by atoms with Crippen molar-refractivity contribution in [2.45, 2.75) is 53.4 Å². The number of amides is 3. The molecule has 2 fully saturated rings. The molecule has 208 valence electrons. The van der Waals surface area contributed by atoms with E-state index in [0.29, 0.717) is 37.9 Å². The molecule has 2 saturated heterocycles. The van der Waals surface area contributed by atoms with Crippen LogP contribution in [0.3, 0.4) is 0 Å². The Labute approximate surface area is 227 Å². The van der Waals surface area contributed by atoms with E-state index in [1.165, 1.54) is 5.57 Å². The van der Waals surface area contributed by atoms with Crippen LogP contribution < -0.4 is 10.2 Å². The third-order valence-corrected chi connectivity index (χ3v) is 8.93. The Morgan fingerprint density at radius 1 is 1.03 bits per heavy atom. The highest BCUT2D eigenvalue weighted by Crippen LogP contribution is 2.39. The molecule has 8 heteroatoms. The summed E-state index contributed by atoms with van der Waals surface area (Å²) in [4.78, 5) is 48.2. The van der Waals surface area contributed by atoms with E-state index in [9.17, 15) is 14.4 Å². The maximum Gasteiger partial charge on any atom is 0.223 e. The van der Waals surface area contributed by atoms with E-state index in [-0.39, 0.29) is 35.5 Å². The van der Waals surface area contributed by atoms with Crippen LogP contribution in [0.25, 0.3) is 0 Å². The van der Waals surface area contributed by atoms with Crippen LogP contribution in [0.4, 0.5) is 5.82 Å². The van der Waals surface area contributed by atoms with Crippen molar-refractivity contribution in [3.8, 4) is 0 Å². The summed E-state index contributed by atoms with van der Waals surface area (Å²) in [7, 11) is 0. The van der Waals surface area contributed by atoms with Crippen LogP contribution in [0, 0.1) is 29.6 Å². The lowest BCUT2D eigenvalue weighted by atomic mass is 9.69. The van der Waals surface area contributed by atoms with Gasteiger partial charge in [-0.05, 0) is 62.0 Å². The Morgan fingerprint density at radius 2 is 1.74 bits per heavy atom. The predicted octanol–water partition coefficient (Wildman–Crippen LogP) is 3.35. The number of piperidine rings is 1. The average Bonchev–Trinajstić information content (AvgIpc) is 2.93. The van der Waals surface area contributed by atoms with Crippen molar-refractivity contribution in [3.63, 3.8) is 0 Å². The molecule has 2 aliphatic heterocycles. The van der Waals surface area contributed by atoms with Crippen LogP contribution in [-0.4, -0.2) is 78.3 Å². The summed E-state index contributed by atoms with van der Waals surface area (Å²) in [5, 5.41) is 3.22. The van der Waals surface area contributed by atoms with Gasteiger partial charge in [0.05, 0.1) is 0 Å². The Bertz CT molecular complexity index is 994. The van der Waals surface area contributed by atoms with Gasteiger partial charge in [0.15, 0.2) is 0 Å². The molecule has 1 aliphatic carbocycles. The normalized spacial score (nSPS) is 24.8. The van der Waals surface area contributed by atoms with Crippen molar-refractivity contribution in [3.05, 3.63) is 36.0 Å². The Kier molecular flexibility index (Phi) is 9.44. The first-order valence-electron chi connectivity index (χ1n) is 14.4. The SMILES string of the molecule is CC(=O)N1CCC(C(=O)NC[C@@H]2C=C(C)[C@H](CC(=O)N3CCN(c4ccccn4)CC3)C[C@H]2C(C)C)CC1.